The van der Waals surface area contributed by atoms with Crippen molar-refractivity contribution in [2.24, 2.45) is 5.14 Å². The first-order valence-electron chi connectivity index (χ1n) is 10.2. The molecule has 1 aliphatic heterocycles. The number of primary sulfonamides is 1. The molecular formula is C25H25NO4S. The number of nitrogens with two attached hydrogens (primary N) is 1. The zero-order valence-corrected chi connectivity index (χ0v) is 18.4. The highest BCUT2D eigenvalue weighted by Gasteiger charge is 2.23. The van der Waals surface area contributed by atoms with Crippen LogP contribution in [0.1, 0.15) is 35.6 Å². The second-order valence-corrected chi connectivity index (χ2v) is 9.10. The number of rotatable bonds is 6. The molecule has 3 aromatic carbocycles. The van der Waals surface area contributed by atoms with Crippen LogP contribution in [0.15, 0.2) is 71.6 Å². The van der Waals surface area contributed by atoms with Gasteiger partial charge in [0, 0.05) is 17.6 Å². The molecule has 0 bridgehead atoms. The maximum Gasteiger partial charge on any atom is 0.238 e. The normalized spacial score (nSPS) is 13.5. The Balaban J connectivity index is 1.86. The van der Waals surface area contributed by atoms with Crippen LogP contribution in [0.25, 0.3) is 11.3 Å². The van der Waals surface area contributed by atoms with Crippen LogP contribution < -0.4 is 14.6 Å². The van der Waals surface area contributed by atoms with Gasteiger partial charge in [-0.15, -0.1) is 0 Å². The van der Waals surface area contributed by atoms with Gasteiger partial charge in [-0.05, 0) is 65.6 Å². The maximum atomic E-state index is 11.7. The molecule has 0 atom stereocenters. The van der Waals surface area contributed by atoms with E-state index < -0.39 is 10.0 Å². The molecule has 3 aromatic rings. The van der Waals surface area contributed by atoms with Gasteiger partial charge < -0.3 is 9.47 Å². The van der Waals surface area contributed by atoms with E-state index in [0.717, 1.165) is 52.2 Å². The first-order chi connectivity index (χ1) is 14.9. The molecule has 1 heterocycles. The van der Waals surface area contributed by atoms with Crippen LogP contribution in [0, 0.1) is 0 Å². The number of benzene rings is 3. The van der Waals surface area contributed by atoms with E-state index in [1.54, 1.807) is 19.2 Å². The summed E-state index contributed by atoms with van der Waals surface area (Å²) in [4.78, 5) is 0.0734. The van der Waals surface area contributed by atoms with Gasteiger partial charge in [-0.1, -0.05) is 37.6 Å². The van der Waals surface area contributed by atoms with Crippen molar-refractivity contribution >= 4 is 21.4 Å². The van der Waals surface area contributed by atoms with Crippen molar-refractivity contribution in [1.82, 2.24) is 0 Å². The van der Waals surface area contributed by atoms with Crippen LogP contribution in [-0.2, 0) is 22.9 Å². The smallest absolute Gasteiger partial charge is 0.238 e. The summed E-state index contributed by atoms with van der Waals surface area (Å²) in [5.41, 5.74) is 5.16. The molecule has 31 heavy (non-hydrogen) atoms. The molecule has 6 heteroatoms. The number of aryl methyl sites for hydroxylation is 1. The van der Waals surface area contributed by atoms with E-state index in [0.29, 0.717) is 12.2 Å². The molecule has 2 N–H and O–H groups in total. The van der Waals surface area contributed by atoms with Gasteiger partial charge in [0.05, 0.1) is 12.0 Å². The van der Waals surface area contributed by atoms with Crippen LogP contribution in [0.4, 0.5) is 0 Å². The van der Waals surface area contributed by atoms with Gasteiger partial charge in [-0.3, -0.25) is 0 Å². The number of fused-ring (bicyclic) bond motifs is 1. The second-order valence-electron chi connectivity index (χ2n) is 7.54. The third-order valence-electron chi connectivity index (χ3n) is 5.42. The summed E-state index contributed by atoms with van der Waals surface area (Å²) >= 11 is 0. The van der Waals surface area contributed by atoms with Crippen molar-refractivity contribution < 1.29 is 17.9 Å². The van der Waals surface area contributed by atoms with E-state index in [1.165, 1.54) is 12.1 Å². The van der Waals surface area contributed by atoms with Crippen LogP contribution in [0.3, 0.4) is 0 Å². The lowest BCUT2D eigenvalue weighted by Gasteiger charge is -2.25. The maximum absolute atomic E-state index is 11.7. The van der Waals surface area contributed by atoms with Crippen molar-refractivity contribution in [3.05, 3.63) is 89.0 Å². The summed E-state index contributed by atoms with van der Waals surface area (Å²) in [5, 5.41) is 5.26. The highest BCUT2D eigenvalue weighted by Crippen LogP contribution is 2.40. The fourth-order valence-electron chi connectivity index (χ4n) is 3.89. The van der Waals surface area contributed by atoms with Crippen molar-refractivity contribution in [3.63, 3.8) is 0 Å². The van der Waals surface area contributed by atoms with E-state index >= 15 is 0 Å². The van der Waals surface area contributed by atoms with E-state index in [2.05, 4.69) is 19.1 Å². The molecule has 0 fully saturated rings. The molecule has 1 aliphatic rings. The fourth-order valence-corrected chi connectivity index (χ4v) is 4.40. The van der Waals surface area contributed by atoms with Crippen molar-refractivity contribution in [1.29, 1.82) is 0 Å². The molecular weight excluding hydrogens is 410 g/mol. The van der Waals surface area contributed by atoms with E-state index in [-0.39, 0.29) is 4.90 Å². The number of hydrogen-bond acceptors (Lipinski definition) is 4. The quantitative estimate of drug-likeness (QED) is 0.603. The Labute approximate surface area is 183 Å². The molecule has 0 unspecified atom stereocenters. The summed E-state index contributed by atoms with van der Waals surface area (Å²) in [6, 6.07) is 20.6. The standard InChI is InChI=1S/C25H25NO4S/c1-3-6-19-15-18(11-14-23(19)29-2)22-16-20-7-4-5-8-24(20)30-25(22)17-9-12-21(13-10-17)31(26,27)28/h4-5,7-15H,3,6,16H2,1-2H3,(H2,26,27,28). The number of sulfonamides is 1. The van der Waals surface area contributed by atoms with E-state index in [9.17, 15) is 8.42 Å². The number of allylic oxidation sites excluding steroid dienone is 1. The van der Waals surface area contributed by atoms with Gasteiger partial charge in [0.15, 0.2) is 0 Å². The zero-order chi connectivity index (χ0) is 22.0. The monoisotopic (exact) mass is 435 g/mol. The molecule has 0 aliphatic carbocycles. The summed E-state index contributed by atoms with van der Waals surface area (Å²) < 4.78 is 35.2. The predicted octanol–water partition coefficient (Wildman–Crippen LogP) is 4.80. The molecule has 0 saturated carbocycles. The molecule has 0 spiro atoms. The summed E-state index contributed by atoms with van der Waals surface area (Å²) in [6.45, 7) is 2.14. The lowest BCUT2D eigenvalue weighted by Crippen LogP contribution is -2.13. The zero-order valence-electron chi connectivity index (χ0n) is 17.6. The summed E-state index contributed by atoms with van der Waals surface area (Å²) in [7, 11) is -2.07. The lowest BCUT2D eigenvalue weighted by atomic mass is 9.90. The fraction of sp³-hybridized carbons (Fsp3) is 0.200. The molecule has 0 aromatic heterocycles. The molecule has 160 valence electrons. The minimum absolute atomic E-state index is 0.0734. The van der Waals surface area contributed by atoms with Gasteiger partial charge >= 0.3 is 0 Å². The van der Waals surface area contributed by atoms with Crippen LogP contribution >= 0.6 is 0 Å². The highest BCUT2D eigenvalue weighted by atomic mass is 32.2. The largest absolute Gasteiger partial charge is 0.496 e. The van der Waals surface area contributed by atoms with E-state index in [1.807, 2.05) is 30.3 Å². The van der Waals surface area contributed by atoms with Crippen molar-refractivity contribution in [2.45, 2.75) is 31.1 Å². The number of hydrogen-bond donors (Lipinski definition) is 1. The Morgan fingerprint density at radius 2 is 1.71 bits per heavy atom. The Bertz CT molecular complexity index is 1240. The van der Waals surface area contributed by atoms with Crippen LogP contribution in [-0.4, -0.2) is 15.5 Å². The highest BCUT2D eigenvalue weighted by molar-refractivity contribution is 7.89. The SMILES string of the molecule is CCCc1cc(C2=C(c3ccc(S(N)(=O)=O)cc3)Oc3ccccc3C2)ccc1OC. The number of methoxy groups -OCH3 is 1. The van der Waals surface area contributed by atoms with Gasteiger partial charge in [-0.25, -0.2) is 13.6 Å². The lowest BCUT2D eigenvalue weighted by molar-refractivity contribution is 0.409. The van der Waals surface area contributed by atoms with Gasteiger partial charge in [0.1, 0.15) is 17.3 Å². The number of para-hydroxylation sites is 1. The van der Waals surface area contributed by atoms with Gasteiger partial charge in [0.2, 0.25) is 10.0 Å². The first kappa shape index (κ1) is 21.2. The molecule has 0 radical (unpaired) electrons. The minimum Gasteiger partial charge on any atom is -0.496 e. The molecule has 0 amide bonds. The van der Waals surface area contributed by atoms with Crippen molar-refractivity contribution in [3.8, 4) is 11.5 Å². The average Bonchev–Trinajstić information content (AvgIpc) is 2.78. The van der Waals surface area contributed by atoms with Gasteiger partial charge in [0.25, 0.3) is 0 Å². The van der Waals surface area contributed by atoms with Crippen LogP contribution in [0.2, 0.25) is 0 Å². The average molecular weight is 436 g/mol. The Morgan fingerprint density at radius 1 is 1.00 bits per heavy atom. The summed E-state index contributed by atoms with van der Waals surface area (Å²) in [6.07, 6.45) is 2.64. The molecule has 5 nitrogen and oxygen atoms in total. The predicted molar refractivity (Wildman–Crippen MR) is 122 cm³/mol. The first-order valence-corrected chi connectivity index (χ1v) is 11.7. The molecule has 0 saturated heterocycles. The second kappa shape index (κ2) is 8.57. The topological polar surface area (TPSA) is 78.6 Å². The Hall–Kier alpha value is -3.09. The summed E-state index contributed by atoms with van der Waals surface area (Å²) in [5.74, 6) is 2.40. The Morgan fingerprint density at radius 3 is 2.39 bits per heavy atom. The van der Waals surface area contributed by atoms with Crippen LogP contribution in [0.5, 0.6) is 11.5 Å². The Kier molecular flexibility index (Phi) is 5.85. The van der Waals surface area contributed by atoms with Gasteiger partial charge in [-0.2, -0.15) is 0 Å². The van der Waals surface area contributed by atoms with E-state index in [4.69, 9.17) is 14.6 Å². The minimum atomic E-state index is -3.76. The third-order valence-corrected chi connectivity index (χ3v) is 6.35. The molecule has 4 rings (SSSR count). The number of ether oxygens (including phenoxy) is 2. The third kappa shape index (κ3) is 4.36. The van der Waals surface area contributed by atoms with Crippen molar-refractivity contribution in [2.75, 3.05) is 7.11 Å².